The predicted molar refractivity (Wildman–Crippen MR) is 101 cm³/mol. The van der Waals surface area contributed by atoms with E-state index in [1.165, 1.54) is 0 Å². The molecule has 0 radical (unpaired) electrons. The Labute approximate surface area is 157 Å². The largest absolute Gasteiger partial charge is 0.377 e. The summed E-state index contributed by atoms with van der Waals surface area (Å²) in [6.45, 7) is 1.38. The molecular formula is C19H16Cl3NO. The Morgan fingerprint density at radius 2 is 1.58 bits per heavy atom. The molecule has 1 heterocycles. The van der Waals surface area contributed by atoms with Crippen molar-refractivity contribution in [2.75, 3.05) is 18.0 Å². The fourth-order valence-electron chi connectivity index (χ4n) is 2.74. The van der Waals surface area contributed by atoms with Crippen molar-refractivity contribution in [3.8, 4) is 11.8 Å². The van der Waals surface area contributed by atoms with Crippen molar-refractivity contribution in [1.82, 2.24) is 0 Å². The van der Waals surface area contributed by atoms with Gasteiger partial charge < -0.3 is 10.0 Å². The molecule has 2 aromatic carbocycles. The van der Waals surface area contributed by atoms with Crippen molar-refractivity contribution >= 4 is 40.5 Å². The molecule has 0 aliphatic carbocycles. The van der Waals surface area contributed by atoms with Crippen molar-refractivity contribution in [2.45, 2.75) is 18.4 Å². The average molecular weight is 381 g/mol. The van der Waals surface area contributed by atoms with Crippen LogP contribution in [0.3, 0.4) is 0 Å². The Hall–Kier alpha value is -1.37. The minimum atomic E-state index is -0.985. The second-order valence-corrected chi connectivity index (χ2v) is 7.22. The maximum atomic E-state index is 10.7. The predicted octanol–water partition coefficient (Wildman–Crippen LogP) is 5.03. The zero-order valence-corrected chi connectivity index (χ0v) is 15.2. The molecule has 0 unspecified atom stereocenters. The molecule has 1 fully saturated rings. The monoisotopic (exact) mass is 379 g/mol. The molecule has 0 atom stereocenters. The highest BCUT2D eigenvalue weighted by molar-refractivity contribution is 6.35. The van der Waals surface area contributed by atoms with Gasteiger partial charge in [0.05, 0.1) is 0 Å². The lowest BCUT2D eigenvalue weighted by atomic mass is 9.91. The molecule has 5 heteroatoms. The van der Waals surface area contributed by atoms with Crippen LogP contribution in [0.2, 0.25) is 15.1 Å². The van der Waals surface area contributed by atoms with E-state index in [1.807, 2.05) is 24.3 Å². The molecule has 0 aromatic heterocycles. The van der Waals surface area contributed by atoms with E-state index in [2.05, 4.69) is 16.7 Å². The second-order valence-electron chi connectivity index (χ2n) is 5.91. The summed E-state index contributed by atoms with van der Waals surface area (Å²) >= 11 is 18.1. The third-order valence-corrected chi connectivity index (χ3v) is 4.74. The number of rotatable bonds is 1. The van der Waals surface area contributed by atoms with Crippen molar-refractivity contribution in [3.63, 3.8) is 0 Å². The van der Waals surface area contributed by atoms with Gasteiger partial charge in [0, 0.05) is 52.2 Å². The quantitative estimate of drug-likeness (QED) is 0.701. The van der Waals surface area contributed by atoms with Crippen LogP contribution < -0.4 is 4.90 Å². The number of hydrogen-bond acceptors (Lipinski definition) is 2. The number of halogens is 3. The summed E-state index contributed by atoms with van der Waals surface area (Å²) in [7, 11) is 0. The summed E-state index contributed by atoms with van der Waals surface area (Å²) in [5.74, 6) is 6.03. The van der Waals surface area contributed by atoms with Gasteiger partial charge in [-0.2, -0.15) is 0 Å². The van der Waals surface area contributed by atoms with Crippen LogP contribution >= 0.6 is 34.8 Å². The van der Waals surface area contributed by atoms with Crippen LogP contribution in [0.25, 0.3) is 0 Å². The van der Waals surface area contributed by atoms with E-state index in [4.69, 9.17) is 34.8 Å². The van der Waals surface area contributed by atoms with Gasteiger partial charge in [-0.05, 0) is 36.4 Å². The van der Waals surface area contributed by atoms with Gasteiger partial charge in [0.15, 0.2) is 0 Å². The summed E-state index contributed by atoms with van der Waals surface area (Å²) in [5, 5.41) is 12.6. The Bertz CT molecular complexity index is 781. The summed E-state index contributed by atoms with van der Waals surface area (Å²) in [4.78, 5) is 2.16. The second kappa shape index (κ2) is 7.25. The Kier molecular flexibility index (Phi) is 5.27. The first kappa shape index (κ1) is 17.5. The molecule has 1 N–H and O–H groups in total. The lowest BCUT2D eigenvalue weighted by Crippen LogP contribution is -2.43. The highest BCUT2D eigenvalue weighted by atomic mass is 35.5. The molecule has 0 spiro atoms. The molecule has 24 heavy (non-hydrogen) atoms. The molecule has 1 saturated heterocycles. The van der Waals surface area contributed by atoms with Gasteiger partial charge >= 0.3 is 0 Å². The third-order valence-electron chi connectivity index (χ3n) is 4.07. The minimum Gasteiger partial charge on any atom is -0.377 e. The van der Waals surface area contributed by atoms with Crippen LogP contribution in [-0.2, 0) is 0 Å². The minimum absolute atomic E-state index is 0.560. The molecule has 3 rings (SSSR count). The summed E-state index contributed by atoms with van der Waals surface area (Å²) in [5.41, 5.74) is 0.790. The van der Waals surface area contributed by atoms with Crippen molar-refractivity contribution in [2.24, 2.45) is 0 Å². The Morgan fingerprint density at radius 3 is 2.21 bits per heavy atom. The van der Waals surface area contributed by atoms with E-state index < -0.39 is 5.60 Å². The van der Waals surface area contributed by atoms with Crippen molar-refractivity contribution in [3.05, 3.63) is 63.1 Å². The van der Waals surface area contributed by atoms with Gasteiger partial charge in [-0.25, -0.2) is 0 Å². The molecule has 2 aromatic rings. The van der Waals surface area contributed by atoms with Gasteiger partial charge in [0.1, 0.15) is 5.60 Å². The summed E-state index contributed by atoms with van der Waals surface area (Å²) in [6.07, 6.45) is 1.12. The zero-order valence-electron chi connectivity index (χ0n) is 12.9. The average Bonchev–Trinajstić information content (AvgIpc) is 2.53. The van der Waals surface area contributed by atoms with Gasteiger partial charge in [-0.1, -0.05) is 52.7 Å². The maximum Gasteiger partial charge on any atom is 0.129 e. The van der Waals surface area contributed by atoms with Crippen molar-refractivity contribution < 1.29 is 5.11 Å². The third kappa shape index (κ3) is 4.37. The van der Waals surface area contributed by atoms with Gasteiger partial charge in [-0.15, -0.1) is 0 Å². The molecule has 0 bridgehead atoms. The lowest BCUT2D eigenvalue weighted by molar-refractivity contribution is 0.0746. The van der Waals surface area contributed by atoms with E-state index in [1.54, 1.807) is 18.2 Å². The van der Waals surface area contributed by atoms with Gasteiger partial charge in [0.2, 0.25) is 0 Å². The number of hydrogen-bond donors (Lipinski definition) is 1. The first-order valence-electron chi connectivity index (χ1n) is 7.66. The number of anilines is 1. The van der Waals surface area contributed by atoms with Crippen LogP contribution in [-0.4, -0.2) is 23.8 Å². The van der Waals surface area contributed by atoms with E-state index in [9.17, 15) is 5.11 Å². The summed E-state index contributed by atoms with van der Waals surface area (Å²) < 4.78 is 0. The van der Waals surface area contributed by atoms with Crippen LogP contribution in [0.15, 0.2) is 42.5 Å². The molecule has 1 aliphatic heterocycles. The van der Waals surface area contributed by atoms with Crippen LogP contribution in [0, 0.1) is 11.8 Å². The molecule has 0 amide bonds. The van der Waals surface area contributed by atoms with Gasteiger partial charge in [0.25, 0.3) is 0 Å². The van der Waals surface area contributed by atoms with E-state index in [-0.39, 0.29) is 0 Å². The number of nitrogens with zero attached hydrogens (tertiary/aromatic N) is 1. The molecular weight excluding hydrogens is 365 g/mol. The van der Waals surface area contributed by atoms with E-state index >= 15 is 0 Å². The maximum absolute atomic E-state index is 10.7. The number of benzene rings is 2. The first-order chi connectivity index (χ1) is 11.4. The zero-order chi connectivity index (χ0) is 17.2. The first-order valence-corrected chi connectivity index (χ1v) is 8.79. The molecule has 124 valence electrons. The van der Waals surface area contributed by atoms with Crippen LogP contribution in [0.5, 0.6) is 0 Å². The topological polar surface area (TPSA) is 23.5 Å². The summed E-state index contributed by atoms with van der Waals surface area (Å²) in [6, 6.07) is 12.8. The smallest absolute Gasteiger partial charge is 0.129 e. The molecule has 0 saturated carbocycles. The Morgan fingerprint density at radius 1 is 0.917 bits per heavy atom. The highest BCUT2D eigenvalue weighted by Crippen LogP contribution is 2.30. The fraction of sp³-hybridized carbons (Fsp3) is 0.263. The van der Waals surface area contributed by atoms with Gasteiger partial charge in [-0.3, -0.25) is 0 Å². The molecule has 1 aliphatic rings. The van der Waals surface area contributed by atoms with E-state index in [0.29, 0.717) is 41.0 Å². The highest BCUT2D eigenvalue weighted by Gasteiger charge is 2.30. The molecule has 2 nitrogen and oxygen atoms in total. The SMILES string of the molecule is OC1(C#Cc2cccc(Cl)c2)CCN(c2cc(Cl)cc(Cl)c2)CC1. The number of piperidine rings is 1. The lowest BCUT2D eigenvalue weighted by Gasteiger charge is -2.36. The Balaban J connectivity index is 1.70. The van der Waals surface area contributed by atoms with Crippen molar-refractivity contribution in [1.29, 1.82) is 0 Å². The van der Waals surface area contributed by atoms with Crippen LogP contribution in [0.1, 0.15) is 18.4 Å². The fourth-order valence-corrected chi connectivity index (χ4v) is 3.44. The number of aliphatic hydroxyl groups is 1. The standard InChI is InChI=1S/C19H16Cl3NO/c20-15-3-1-2-14(10-15)4-5-19(24)6-8-23(9-7-19)18-12-16(21)11-17(22)13-18/h1-3,10-13,24H,6-9H2. The van der Waals surface area contributed by atoms with Crippen LogP contribution in [0.4, 0.5) is 5.69 Å². The van der Waals surface area contributed by atoms with E-state index in [0.717, 1.165) is 11.3 Å². The normalized spacial score (nSPS) is 16.4.